The van der Waals surface area contributed by atoms with Crippen LogP contribution in [0.15, 0.2) is 59.1 Å². The van der Waals surface area contributed by atoms with Crippen molar-refractivity contribution in [3.63, 3.8) is 0 Å². The average Bonchev–Trinajstić information content (AvgIpc) is 2.98. The molecule has 22 heavy (non-hydrogen) atoms. The van der Waals surface area contributed by atoms with Crippen molar-refractivity contribution in [3.8, 4) is 11.3 Å². The van der Waals surface area contributed by atoms with E-state index in [4.69, 9.17) is 4.52 Å². The highest BCUT2D eigenvalue weighted by Gasteiger charge is 2.14. The molecule has 110 valence electrons. The van der Waals surface area contributed by atoms with Gasteiger partial charge in [-0.15, -0.1) is 0 Å². The van der Waals surface area contributed by atoms with Gasteiger partial charge in [-0.3, -0.25) is 4.79 Å². The second kappa shape index (κ2) is 5.81. The molecule has 3 aromatic rings. The van der Waals surface area contributed by atoms with Crippen LogP contribution in [0.3, 0.4) is 0 Å². The number of nitrogens with zero attached hydrogens (tertiary/aromatic N) is 1. The van der Waals surface area contributed by atoms with Crippen molar-refractivity contribution < 1.29 is 13.7 Å². The maximum absolute atomic E-state index is 12.9. The van der Waals surface area contributed by atoms with Crippen LogP contribution in [0.25, 0.3) is 11.3 Å². The zero-order chi connectivity index (χ0) is 15.5. The van der Waals surface area contributed by atoms with E-state index in [-0.39, 0.29) is 17.4 Å². The van der Waals surface area contributed by atoms with E-state index in [0.29, 0.717) is 17.0 Å². The maximum Gasteiger partial charge on any atom is 0.277 e. The molecule has 0 aliphatic rings. The van der Waals surface area contributed by atoms with Gasteiger partial charge in [-0.1, -0.05) is 17.3 Å². The number of carbonyl (C=O) groups excluding carboxylic acids is 1. The molecule has 0 saturated heterocycles. The lowest BCUT2D eigenvalue weighted by atomic mass is 10.1. The van der Waals surface area contributed by atoms with Gasteiger partial charge in [0.2, 0.25) is 0 Å². The third-order valence-electron chi connectivity index (χ3n) is 3.15. The van der Waals surface area contributed by atoms with Crippen molar-refractivity contribution in [2.45, 2.75) is 6.92 Å². The summed E-state index contributed by atoms with van der Waals surface area (Å²) in [5.74, 6) is -0.280. The Morgan fingerprint density at radius 2 is 1.91 bits per heavy atom. The van der Waals surface area contributed by atoms with Crippen molar-refractivity contribution in [1.82, 2.24) is 5.16 Å². The van der Waals surface area contributed by atoms with Gasteiger partial charge in [0, 0.05) is 17.3 Å². The van der Waals surface area contributed by atoms with Gasteiger partial charge < -0.3 is 9.84 Å². The molecule has 1 N–H and O–H groups in total. The highest BCUT2D eigenvalue weighted by Crippen LogP contribution is 2.21. The van der Waals surface area contributed by atoms with E-state index < -0.39 is 0 Å². The van der Waals surface area contributed by atoms with E-state index in [1.54, 1.807) is 18.2 Å². The van der Waals surface area contributed by atoms with Gasteiger partial charge in [-0.05, 0) is 48.9 Å². The third kappa shape index (κ3) is 3.03. The van der Waals surface area contributed by atoms with Crippen LogP contribution in [-0.4, -0.2) is 11.1 Å². The first kappa shape index (κ1) is 14.0. The molecule has 1 heterocycles. The van der Waals surface area contributed by atoms with E-state index in [9.17, 15) is 9.18 Å². The molecule has 5 heteroatoms. The van der Waals surface area contributed by atoms with Crippen LogP contribution in [0.4, 0.5) is 10.1 Å². The van der Waals surface area contributed by atoms with Crippen LogP contribution in [-0.2, 0) is 0 Å². The SMILES string of the molecule is Cc1cccc(NC(=O)c2cc(-c3ccc(F)cc3)on2)c1. The summed E-state index contributed by atoms with van der Waals surface area (Å²) in [7, 11) is 0. The second-order valence-electron chi connectivity index (χ2n) is 4.91. The first-order valence-corrected chi connectivity index (χ1v) is 6.72. The molecule has 0 radical (unpaired) electrons. The zero-order valence-electron chi connectivity index (χ0n) is 11.8. The summed E-state index contributed by atoms with van der Waals surface area (Å²) in [6.45, 7) is 1.94. The number of rotatable bonds is 3. The number of aryl methyl sites for hydroxylation is 1. The minimum absolute atomic E-state index is 0.167. The van der Waals surface area contributed by atoms with Crippen LogP contribution >= 0.6 is 0 Å². The van der Waals surface area contributed by atoms with Crippen LogP contribution in [0, 0.1) is 12.7 Å². The zero-order valence-corrected chi connectivity index (χ0v) is 11.8. The lowest BCUT2D eigenvalue weighted by Gasteiger charge is -2.03. The molecule has 4 nitrogen and oxygen atoms in total. The van der Waals surface area contributed by atoms with Crippen LogP contribution < -0.4 is 5.32 Å². The summed E-state index contributed by atoms with van der Waals surface area (Å²) < 4.78 is 18.0. The lowest BCUT2D eigenvalue weighted by molar-refractivity contribution is 0.101. The second-order valence-corrected chi connectivity index (χ2v) is 4.91. The quantitative estimate of drug-likeness (QED) is 0.793. The molecular formula is C17H13FN2O2. The van der Waals surface area contributed by atoms with Gasteiger partial charge in [0.25, 0.3) is 5.91 Å². The predicted molar refractivity (Wildman–Crippen MR) is 81.0 cm³/mol. The molecule has 0 spiro atoms. The molecule has 2 aromatic carbocycles. The van der Waals surface area contributed by atoms with Crippen molar-refractivity contribution in [1.29, 1.82) is 0 Å². The van der Waals surface area contributed by atoms with Gasteiger partial charge in [0.05, 0.1) is 0 Å². The Hall–Kier alpha value is -2.95. The summed E-state index contributed by atoms with van der Waals surface area (Å²) in [6.07, 6.45) is 0. The largest absolute Gasteiger partial charge is 0.355 e. The fourth-order valence-corrected chi connectivity index (χ4v) is 2.05. The Balaban J connectivity index is 1.78. The van der Waals surface area contributed by atoms with Gasteiger partial charge >= 0.3 is 0 Å². The summed E-state index contributed by atoms with van der Waals surface area (Å²) in [4.78, 5) is 12.1. The average molecular weight is 296 g/mol. The smallest absolute Gasteiger partial charge is 0.277 e. The number of hydrogen-bond acceptors (Lipinski definition) is 3. The number of hydrogen-bond donors (Lipinski definition) is 1. The normalized spacial score (nSPS) is 10.5. The molecule has 0 fully saturated rings. The van der Waals surface area contributed by atoms with Gasteiger partial charge in [-0.25, -0.2) is 4.39 Å². The number of benzene rings is 2. The fourth-order valence-electron chi connectivity index (χ4n) is 2.05. The molecule has 0 aliphatic carbocycles. The molecule has 3 rings (SSSR count). The Bertz CT molecular complexity index is 810. The lowest BCUT2D eigenvalue weighted by Crippen LogP contribution is -2.12. The van der Waals surface area contributed by atoms with Crippen LogP contribution in [0.1, 0.15) is 16.1 Å². The number of anilines is 1. The molecule has 1 amide bonds. The summed E-state index contributed by atoms with van der Waals surface area (Å²) >= 11 is 0. The Morgan fingerprint density at radius 1 is 1.14 bits per heavy atom. The van der Waals surface area contributed by atoms with Crippen molar-refractivity contribution in [3.05, 3.63) is 71.7 Å². The number of halogens is 1. The highest BCUT2D eigenvalue weighted by atomic mass is 19.1. The maximum atomic E-state index is 12.9. The number of carbonyl (C=O) groups is 1. The van der Waals surface area contributed by atoms with Gasteiger partial charge in [-0.2, -0.15) is 0 Å². The van der Waals surface area contributed by atoms with Crippen LogP contribution in [0.5, 0.6) is 0 Å². The number of amides is 1. The first-order chi connectivity index (χ1) is 10.6. The summed E-state index contributed by atoms with van der Waals surface area (Å²) in [6, 6.07) is 14.8. The van der Waals surface area contributed by atoms with Gasteiger partial charge in [0.15, 0.2) is 11.5 Å². The summed E-state index contributed by atoms with van der Waals surface area (Å²) in [5, 5.41) is 6.50. The molecule has 0 bridgehead atoms. The van der Waals surface area contributed by atoms with E-state index >= 15 is 0 Å². The minimum atomic E-state index is -0.359. The van der Waals surface area contributed by atoms with Crippen molar-refractivity contribution in [2.24, 2.45) is 0 Å². The highest BCUT2D eigenvalue weighted by molar-refractivity contribution is 6.03. The van der Waals surface area contributed by atoms with E-state index in [2.05, 4.69) is 10.5 Å². The minimum Gasteiger partial charge on any atom is -0.355 e. The molecule has 0 aliphatic heterocycles. The molecule has 0 unspecified atom stereocenters. The predicted octanol–water partition coefficient (Wildman–Crippen LogP) is 4.04. The Labute approximate surface area is 126 Å². The molecule has 1 aromatic heterocycles. The van der Waals surface area contributed by atoms with E-state index in [0.717, 1.165) is 5.56 Å². The van der Waals surface area contributed by atoms with Crippen LogP contribution in [0.2, 0.25) is 0 Å². The number of aromatic nitrogens is 1. The first-order valence-electron chi connectivity index (χ1n) is 6.72. The fraction of sp³-hybridized carbons (Fsp3) is 0.0588. The van der Waals surface area contributed by atoms with E-state index in [1.165, 1.54) is 18.2 Å². The molecule has 0 atom stereocenters. The molecule has 0 saturated carbocycles. The topological polar surface area (TPSA) is 55.1 Å². The van der Waals surface area contributed by atoms with Crippen molar-refractivity contribution in [2.75, 3.05) is 5.32 Å². The third-order valence-corrected chi connectivity index (χ3v) is 3.15. The molecular weight excluding hydrogens is 283 g/mol. The standard InChI is InChI=1S/C17H13FN2O2/c1-11-3-2-4-14(9-11)19-17(21)15-10-16(22-20-15)12-5-7-13(18)8-6-12/h2-10H,1H3,(H,19,21). The monoisotopic (exact) mass is 296 g/mol. The Morgan fingerprint density at radius 3 is 2.64 bits per heavy atom. The van der Waals surface area contributed by atoms with Gasteiger partial charge in [0.1, 0.15) is 5.82 Å². The van der Waals surface area contributed by atoms with E-state index in [1.807, 2.05) is 25.1 Å². The summed E-state index contributed by atoms with van der Waals surface area (Å²) in [5.41, 5.74) is 2.56. The van der Waals surface area contributed by atoms with Crippen molar-refractivity contribution >= 4 is 11.6 Å². The Kier molecular flexibility index (Phi) is 3.70. The number of nitrogens with one attached hydrogen (secondary N) is 1.